The van der Waals surface area contributed by atoms with Crippen molar-refractivity contribution in [3.8, 4) is 0 Å². The average molecular weight is 230 g/mol. The molecule has 0 bridgehead atoms. The van der Waals surface area contributed by atoms with Crippen molar-refractivity contribution >= 4 is 11.4 Å². The summed E-state index contributed by atoms with van der Waals surface area (Å²) in [7, 11) is 0. The molecule has 0 saturated heterocycles. The van der Waals surface area contributed by atoms with Crippen LogP contribution in [0.5, 0.6) is 0 Å². The van der Waals surface area contributed by atoms with Crippen LogP contribution in [0.4, 0.5) is 20.2 Å². The molecule has 0 aliphatic rings. The second-order valence-corrected chi connectivity index (χ2v) is 3.53. The van der Waals surface area contributed by atoms with Crippen molar-refractivity contribution in [3.05, 3.63) is 23.8 Å². The van der Waals surface area contributed by atoms with Gasteiger partial charge < -0.3 is 15.7 Å². The molecule has 0 aromatic heterocycles. The van der Waals surface area contributed by atoms with Crippen LogP contribution in [0.3, 0.4) is 0 Å². The first-order chi connectivity index (χ1) is 7.60. The minimum atomic E-state index is -0.769. The quantitative estimate of drug-likeness (QED) is 0.758. The van der Waals surface area contributed by atoms with Gasteiger partial charge in [-0.15, -0.1) is 0 Å². The Morgan fingerprint density at radius 1 is 1.31 bits per heavy atom. The Bertz CT molecular complexity index is 352. The highest BCUT2D eigenvalue weighted by Gasteiger charge is 2.13. The lowest BCUT2D eigenvalue weighted by Crippen LogP contribution is -2.28. The van der Waals surface area contributed by atoms with E-state index in [1.54, 1.807) is 4.90 Å². The van der Waals surface area contributed by atoms with Gasteiger partial charge in [-0.05, 0) is 12.5 Å². The van der Waals surface area contributed by atoms with Gasteiger partial charge in [0, 0.05) is 19.2 Å². The fraction of sp³-hybridized carbons (Fsp3) is 0.455. The number of hydrogen-bond donors (Lipinski definition) is 2. The van der Waals surface area contributed by atoms with Gasteiger partial charge in [0.25, 0.3) is 0 Å². The molecule has 0 spiro atoms. The number of rotatable bonds is 5. The van der Waals surface area contributed by atoms with E-state index in [1.165, 1.54) is 6.07 Å². The molecular weight excluding hydrogens is 214 g/mol. The average Bonchev–Trinajstić information content (AvgIpc) is 2.23. The first-order valence-electron chi connectivity index (χ1n) is 5.20. The van der Waals surface area contributed by atoms with Gasteiger partial charge in [-0.3, -0.25) is 0 Å². The fourth-order valence-corrected chi connectivity index (χ4v) is 1.58. The molecule has 0 saturated carbocycles. The van der Waals surface area contributed by atoms with Crippen LogP contribution in [-0.4, -0.2) is 24.8 Å². The summed E-state index contributed by atoms with van der Waals surface area (Å²) < 4.78 is 26.3. The Kier molecular flexibility index (Phi) is 4.49. The number of nitrogens with two attached hydrogens (primary N) is 1. The van der Waals surface area contributed by atoms with E-state index < -0.39 is 11.6 Å². The fourth-order valence-electron chi connectivity index (χ4n) is 1.58. The van der Waals surface area contributed by atoms with Crippen molar-refractivity contribution in [3.63, 3.8) is 0 Å². The highest BCUT2D eigenvalue weighted by atomic mass is 19.1. The van der Waals surface area contributed by atoms with E-state index in [-0.39, 0.29) is 12.3 Å². The van der Waals surface area contributed by atoms with Crippen molar-refractivity contribution in [1.82, 2.24) is 0 Å². The number of nitrogen functional groups attached to an aromatic ring is 1. The number of halogens is 2. The van der Waals surface area contributed by atoms with Gasteiger partial charge in [0.2, 0.25) is 0 Å². The lowest BCUT2D eigenvalue weighted by Gasteiger charge is -2.25. The van der Waals surface area contributed by atoms with E-state index in [1.807, 2.05) is 6.92 Å². The molecular formula is C11H16F2N2O. The van der Waals surface area contributed by atoms with Crippen LogP contribution < -0.4 is 10.6 Å². The van der Waals surface area contributed by atoms with E-state index in [0.29, 0.717) is 18.8 Å². The van der Waals surface area contributed by atoms with Crippen LogP contribution in [0.25, 0.3) is 0 Å². The highest BCUT2D eigenvalue weighted by Crippen LogP contribution is 2.27. The second-order valence-electron chi connectivity index (χ2n) is 3.53. The summed E-state index contributed by atoms with van der Waals surface area (Å²) in [4.78, 5) is 1.67. The van der Waals surface area contributed by atoms with Crippen LogP contribution in [-0.2, 0) is 0 Å². The Morgan fingerprint density at radius 3 is 2.56 bits per heavy atom. The summed E-state index contributed by atoms with van der Waals surface area (Å²) in [5.74, 6) is -1.44. The maximum absolute atomic E-state index is 13.2. The standard InChI is InChI=1S/C11H16F2N2O/c1-2-3-15(4-5-16)10-7-8(12)6-9(13)11(10)14/h6-7,16H,2-5,14H2,1H3. The number of anilines is 2. The van der Waals surface area contributed by atoms with E-state index in [0.717, 1.165) is 12.5 Å². The second kappa shape index (κ2) is 5.65. The molecule has 3 nitrogen and oxygen atoms in total. The molecule has 3 N–H and O–H groups in total. The Hall–Kier alpha value is -1.36. The molecule has 0 aliphatic heterocycles. The number of aliphatic hydroxyl groups is 1. The van der Waals surface area contributed by atoms with Crippen molar-refractivity contribution in [2.24, 2.45) is 0 Å². The Morgan fingerprint density at radius 2 is 2.00 bits per heavy atom. The molecule has 0 radical (unpaired) electrons. The van der Waals surface area contributed by atoms with Crippen LogP contribution in [0.15, 0.2) is 12.1 Å². The van der Waals surface area contributed by atoms with Crippen molar-refractivity contribution in [2.75, 3.05) is 30.3 Å². The summed E-state index contributed by atoms with van der Waals surface area (Å²) in [5.41, 5.74) is 5.77. The monoisotopic (exact) mass is 230 g/mol. The minimum Gasteiger partial charge on any atom is -0.395 e. The molecule has 0 fully saturated rings. The van der Waals surface area contributed by atoms with Gasteiger partial charge in [0.15, 0.2) is 5.82 Å². The molecule has 1 aromatic carbocycles. The van der Waals surface area contributed by atoms with Gasteiger partial charge in [0.05, 0.1) is 18.0 Å². The summed E-state index contributed by atoms with van der Waals surface area (Å²) in [6.07, 6.45) is 0.803. The summed E-state index contributed by atoms with van der Waals surface area (Å²) >= 11 is 0. The highest BCUT2D eigenvalue weighted by molar-refractivity contribution is 5.68. The zero-order chi connectivity index (χ0) is 12.1. The van der Waals surface area contributed by atoms with Crippen LogP contribution in [0.1, 0.15) is 13.3 Å². The predicted molar refractivity (Wildman–Crippen MR) is 60.4 cm³/mol. The Labute approximate surface area is 93.5 Å². The molecule has 0 heterocycles. The number of nitrogens with zero attached hydrogens (tertiary/aromatic N) is 1. The van der Waals surface area contributed by atoms with Gasteiger partial charge in [0.1, 0.15) is 5.82 Å². The number of hydrogen-bond acceptors (Lipinski definition) is 3. The molecule has 5 heteroatoms. The number of aliphatic hydroxyl groups excluding tert-OH is 1. The smallest absolute Gasteiger partial charge is 0.151 e. The summed E-state index contributed by atoms with van der Waals surface area (Å²) in [6.45, 7) is 2.75. The van der Waals surface area contributed by atoms with Gasteiger partial charge in [-0.25, -0.2) is 8.78 Å². The number of benzene rings is 1. The molecule has 0 amide bonds. The summed E-state index contributed by atoms with van der Waals surface area (Å²) in [5, 5.41) is 8.88. The maximum Gasteiger partial charge on any atom is 0.151 e. The van der Waals surface area contributed by atoms with E-state index in [9.17, 15) is 8.78 Å². The maximum atomic E-state index is 13.2. The normalized spacial score (nSPS) is 10.5. The molecule has 90 valence electrons. The third-order valence-electron chi connectivity index (χ3n) is 2.28. The Balaban J connectivity index is 3.07. The minimum absolute atomic E-state index is 0.0803. The molecule has 1 aromatic rings. The topological polar surface area (TPSA) is 49.5 Å². The van der Waals surface area contributed by atoms with Crippen molar-refractivity contribution in [1.29, 1.82) is 0 Å². The van der Waals surface area contributed by atoms with E-state index in [4.69, 9.17) is 10.8 Å². The largest absolute Gasteiger partial charge is 0.395 e. The molecule has 0 atom stereocenters. The van der Waals surface area contributed by atoms with E-state index >= 15 is 0 Å². The van der Waals surface area contributed by atoms with Crippen LogP contribution >= 0.6 is 0 Å². The first kappa shape index (κ1) is 12.7. The van der Waals surface area contributed by atoms with Gasteiger partial charge in [-0.2, -0.15) is 0 Å². The molecule has 0 unspecified atom stereocenters. The molecule has 1 rings (SSSR count). The van der Waals surface area contributed by atoms with Crippen molar-refractivity contribution < 1.29 is 13.9 Å². The van der Waals surface area contributed by atoms with E-state index in [2.05, 4.69) is 0 Å². The SMILES string of the molecule is CCCN(CCO)c1cc(F)cc(F)c1N. The lowest BCUT2D eigenvalue weighted by molar-refractivity contribution is 0.302. The van der Waals surface area contributed by atoms with Gasteiger partial charge in [-0.1, -0.05) is 6.92 Å². The van der Waals surface area contributed by atoms with Gasteiger partial charge >= 0.3 is 0 Å². The lowest BCUT2D eigenvalue weighted by atomic mass is 10.2. The van der Waals surface area contributed by atoms with Crippen LogP contribution in [0.2, 0.25) is 0 Å². The van der Waals surface area contributed by atoms with Crippen LogP contribution in [0, 0.1) is 11.6 Å². The summed E-state index contributed by atoms with van der Waals surface area (Å²) in [6, 6.07) is 1.94. The predicted octanol–water partition coefficient (Wildman–Crippen LogP) is 1.76. The zero-order valence-electron chi connectivity index (χ0n) is 9.21. The zero-order valence-corrected chi connectivity index (χ0v) is 9.21. The van der Waals surface area contributed by atoms with Crippen molar-refractivity contribution in [2.45, 2.75) is 13.3 Å². The third kappa shape index (κ3) is 2.82. The third-order valence-corrected chi connectivity index (χ3v) is 2.28. The first-order valence-corrected chi connectivity index (χ1v) is 5.20. The molecule has 0 aliphatic carbocycles. The molecule has 16 heavy (non-hydrogen) atoms.